The van der Waals surface area contributed by atoms with Gasteiger partial charge < -0.3 is 4.79 Å². The van der Waals surface area contributed by atoms with Gasteiger partial charge in [0, 0.05) is 6.42 Å². The molecule has 16 heavy (non-hydrogen) atoms. The number of carbonyl (C=O) groups excluding carboxylic acids is 1. The molecule has 0 saturated heterocycles. The zero-order valence-corrected chi connectivity index (χ0v) is 10.7. The summed E-state index contributed by atoms with van der Waals surface area (Å²) < 4.78 is 0. The molecule has 0 aromatic heterocycles. The third-order valence-corrected chi connectivity index (χ3v) is 2.67. The molecule has 0 aliphatic carbocycles. The molecule has 0 N–H and O–H groups in total. The first-order valence-corrected chi connectivity index (χ1v) is 6.54. The topological polar surface area (TPSA) is 17.1 Å². The van der Waals surface area contributed by atoms with Crippen molar-refractivity contribution >= 4 is 5.78 Å². The monoisotopic (exact) mass is 222 g/mol. The highest BCUT2D eigenvalue weighted by Gasteiger charge is 1.94. The van der Waals surface area contributed by atoms with Gasteiger partial charge in [0.25, 0.3) is 0 Å². The Balaban J connectivity index is 3.01. The molecule has 1 heteroatoms. The van der Waals surface area contributed by atoms with Gasteiger partial charge in [-0.3, -0.25) is 0 Å². The van der Waals surface area contributed by atoms with Crippen LogP contribution in [-0.2, 0) is 4.79 Å². The standard InChI is InChI=1S/C15H26O/c1-3-4-5-6-7-8-9-10-11-12-13-14-15(2)16/h3-5H,1,6-14H2,2H3/b5-4+. The molecule has 0 radical (unpaired) electrons. The van der Waals surface area contributed by atoms with Gasteiger partial charge >= 0.3 is 0 Å². The van der Waals surface area contributed by atoms with Gasteiger partial charge in [0.1, 0.15) is 5.78 Å². The summed E-state index contributed by atoms with van der Waals surface area (Å²) in [6.45, 7) is 5.32. The molecule has 1 nitrogen and oxygen atoms in total. The number of hydrogen-bond acceptors (Lipinski definition) is 1. The van der Waals surface area contributed by atoms with Gasteiger partial charge in [-0.25, -0.2) is 0 Å². The van der Waals surface area contributed by atoms with E-state index in [1.54, 1.807) is 6.92 Å². The fourth-order valence-electron chi connectivity index (χ4n) is 1.71. The lowest BCUT2D eigenvalue weighted by Crippen LogP contribution is -1.89. The van der Waals surface area contributed by atoms with Crippen LogP contribution in [0.1, 0.15) is 64.7 Å². The maximum absolute atomic E-state index is 10.7. The minimum absolute atomic E-state index is 0.328. The Morgan fingerprint density at radius 3 is 2.12 bits per heavy atom. The summed E-state index contributed by atoms with van der Waals surface area (Å²) >= 11 is 0. The normalized spacial score (nSPS) is 10.8. The Kier molecular flexibility index (Phi) is 11.6. The second-order valence-electron chi connectivity index (χ2n) is 4.38. The van der Waals surface area contributed by atoms with Crippen LogP contribution in [0.2, 0.25) is 0 Å². The third-order valence-electron chi connectivity index (χ3n) is 2.67. The van der Waals surface area contributed by atoms with Crippen molar-refractivity contribution in [2.45, 2.75) is 64.7 Å². The smallest absolute Gasteiger partial charge is 0.129 e. The van der Waals surface area contributed by atoms with Crippen molar-refractivity contribution < 1.29 is 4.79 Å². The van der Waals surface area contributed by atoms with Gasteiger partial charge in [-0.15, -0.1) is 0 Å². The van der Waals surface area contributed by atoms with Gasteiger partial charge in [0.2, 0.25) is 0 Å². The van der Waals surface area contributed by atoms with Gasteiger partial charge in [0.15, 0.2) is 0 Å². The summed E-state index contributed by atoms with van der Waals surface area (Å²) in [4.78, 5) is 10.7. The van der Waals surface area contributed by atoms with Crippen LogP contribution in [0.15, 0.2) is 24.8 Å². The Bertz CT molecular complexity index is 203. The molecule has 0 fully saturated rings. The van der Waals surface area contributed by atoms with Crippen LogP contribution in [0.5, 0.6) is 0 Å². The van der Waals surface area contributed by atoms with E-state index in [-0.39, 0.29) is 0 Å². The van der Waals surface area contributed by atoms with Crippen LogP contribution in [0.25, 0.3) is 0 Å². The van der Waals surface area contributed by atoms with Gasteiger partial charge in [-0.2, -0.15) is 0 Å². The molecular formula is C15H26O. The fraction of sp³-hybridized carbons (Fsp3) is 0.667. The zero-order chi connectivity index (χ0) is 12.1. The highest BCUT2D eigenvalue weighted by molar-refractivity contribution is 5.75. The molecule has 0 bridgehead atoms. The molecular weight excluding hydrogens is 196 g/mol. The van der Waals surface area contributed by atoms with Crippen molar-refractivity contribution in [3.63, 3.8) is 0 Å². The molecule has 0 rings (SSSR count). The molecule has 0 amide bonds. The van der Waals surface area contributed by atoms with Crippen molar-refractivity contribution in [2.24, 2.45) is 0 Å². The van der Waals surface area contributed by atoms with Crippen LogP contribution in [0.4, 0.5) is 0 Å². The van der Waals surface area contributed by atoms with Gasteiger partial charge in [-0.1, -0.05) is 56.9 Å². The molecule has 0 spiro atoms. The van der Waals surface area contributed by atoms with E-state index in [4.69, 9.17) is 0 Å². The summed E-state index contributed by atoms with van der Waals surface area (Å²) in [6, 6.07) is 0. The van der Waals surface area contributed by atoms with Crippen LogP contribution in [0.3, 0.4) is 0 Å². The Hall–Kier alpha value is -0.850. The third kappa shape index (κ3) is 13.2. The van der Waals surface area contributed by atoms with Crippen molar-refractivity contribution in [1.29, 1.82) is 0 Å². The number of rotatable bonds is 11. The average Bonchev–Trinajstić information content (AvgIpc) is 2.25. The maximum atomic E-state index is 10.7. The molecule has 0 heterocycles. The van der Waals surface area contributed by atoms with E-state index in [0.29, 0.717) is 5.78 Å². The number of allylic oxidation sites excluding steroid dienone is 3. The fourth-order valence-corrected chi connectivity index (χ4v) is 1.71. The largest absolute Gasteiger partial charge is 0.300 e. The first kappa shape index (κ1) is 15.2. The molecule has 0 unspecified atom stereocenters. The second kappa shape index (κ2) is 12.2. The highest BCUT2D eigenvalue weighted by Crippen LogP contribution is 2.10. The Labute approximate surface area is 101 Å². The van der Waals surface area contributed by atoms with E-state index in [1.165, 1.54) is 44.9 Å². The summed E-state index contributed by atoms with van der Waals surface area (Å²) in [7, 11) is 0. The number of Topliss-reactive ketones (excluding diaryl/α,β-unsaturated/α-hetero) is 1. The van der Waals surface area contributed by atoms with Gasteiger partial charge in [-0.05, 0) is 26.2 Å². The van der Waals surface area contributed by atoms with Crippen molar-refractivity contribution in [2.75, 3.05) is 0 Å². The van der Waals surface area contributed by atoms with Crippen LogP contribution < -0.4 is 0 Å². The summed E-state index contributed by atoms with van der Waals surface area (Å²) in [5.41, 5.74) is 0. The zero-order valence-electron chi connectivity index (χ0n) is 10.7. The SMILES string of the molecule is C=C/C=C/CCCCCCCCCC(C)=O. The minimum atomic E-state index is 0.328. The van der Waals surface area contributed by atoms with E-state index in [9.17, 15) is 4.79 Å². The molecule has 0 aromatic rings. The number of hydrogen-bond donors (Lipinski definition) is 0. The van der Waals surface area contributed by atoms with E-state index in [1.807, 2.05) is 12.2 Å². The average molecular weight is 222 g/mol. The maximum Gasteiger partial charge on any atom is 0.129 e. The van der Waals surface area contributed by atoms with Crippen molar-refractivity contribution in [1.82, 2.24) is 0 Å². The molecule has 0 aliphatic heterocycles. The lowest BCUT2D eigenvalue weighted by Gasteiger charge is -2.00. The Morgan fingerprint density at radius 2 is 1.56 bits per heavy atom. The van der Waals surface area contributed by atoms with Crippen LogP contribution >= 0.6 is 0 Å². The Morgan fingerprint density at radius 1 is 1.00 bits per heavy atom. The predicted molar refractivity (Wildman–Crippen MR) is 71.6 cm³/mol. The summed E-state index contributed by atoms with van der Waals surface area (Å²) in [5, 5.41) is 0. The van der Waals surface area contributed by atoms with E-state index >= 15 is 0 Å². The molecule has 92 valence electrons. The molecule has 0 saturated carbocycles. The number of carbonyl (C=O) groups is 1. The first-order valence-electron chi connectivity index (χ1n) is 6.54. The summed E-state index contributed by atoms with van der Waals surface area (Å²) in [5.74, 6) is 0.328. The lowest BCUT2D eigenvalue weighted by molar-refractivity contribution is -0.117. The second-order valence-corrected chi connectivity index (χ2v) is 4.38. The van der Waals surface area contributed by atoms with E-state index in [0.717, 1.165) is 12.8 Å². The van der Waals surface area contributed by atoms with E-state index < -0.39 is 0 Å². The predicted octanol–water partition coefficient (Wildman–Crippen LogP) is 4.83. The highest BCUT2D eigenvalue weighted by atomic mass is 16.1. The summed E-state index contributed by atoms with van der Waals surface area (Å²) in [6.07, 6.45) is 16.8. The quantitative estimate of drug-likeness (QED) is 0.361. The first-order chi connectivity index (χ1) is 7.77. The molecule has 0 aliphatic rings. The van der Waals surface area contributed by atoms with Crippen molar-refractivity contribution in [3.8, 4) is 0 Å². The number of unbranched alkanes of at least 4 members (excludes halogenated alkanes) is 7. The van der Waals surface area contributed by atoms with E-state index in [2.05, 4.69) is 12.7 Å². The molecule has 0 atom stereocenters. The number of ketones is 1. The van der Waals surface area contributed by atoms with Crippen molar-refractivity contribution in [3.05, 3.63) is 24.8 Å². The van der Waals surface area contributed by atoms with Crippen LogP contribution in [0, 0.1) is 0 Å². The lowest BCUT2D eigenvalue weighted by atomic mass is 10.1. The van der Waals surface area contributed by atoms with Crippen LogP contribution in [-0.4, -0.2) is 5.78 Å². The minimum Gasteiger partial charge on any atom is -0.300 e. The molecule has 0 aromatic carbocycles. The van der Waals surface area contributed by atoms with Gasteiger partial charge in [0.05, 0.1) is 0 Å².